The normalized spacial score (nSPS) is 44.4. The third-order valence-corrected chi connectivity index (χ3v) is 14.9. The Morgan fingerprint density at radius 1 is 1.27 bits per heavy atom. The molecule has 5 nitrogen and oxygen atoms in total. The van der Waals surface area contributed by atoms with E-state index in [1.165, 1.54) is 0 Å². The smallest absolute Gasteiger partial charge is 0.271 e. The first-order valence-electron chi connectivity index (χ1n) is 6.57. The fourth-order valence-electron chi connectivity index (χ4n) is 2.95. The zero-order valence-corrected chi connectivity index (χ0v) is 18.5. The minimum atomic E-state index is -3.08. The van der Waals surface area contributed by atoms with Crippen molar-refractivity contribution in [2.24, 2.45) is 0 Å². The third-order valence-electron chi connectivity index (χ3n) is 4.38. The Morgan fingerprint density at radius 2 is 1.91 bits per heavy atom. The summed E-state index contributed by atoms with van der Waals surface area (Å²) in [5.74, 6) is 0.629. The van der Waals surface area contributed by atoms with Crippen LogP contribution in [-0.2, 0) is 19.7 Å². The van der Waals surface area contributed by atoms with Crippen LogP contribution in [0.1, 0.15) is 13.3 Å². The van der Waals surface area contributed by atoms with Crippen molar-refractivity contribution >= 4 is 63.5 Å². The van der Waals surface area contributed by atoms with Gasteiger partial charge in [0.05, 0.1) is 16.3 Å². The van der Waals surface area contributed by atoms with Crippen LogP contribution >= 0.6 is 39.5 Å². The predicted octanol–water partition coefficient (Wildman–Crippen LogP) is -2.07. The van der Waals surface area contributed by atoms with Crippen molar-refractivity contribution in [1.82, 2.24) is 0 Å². The van der Waals surface area contributed by atoms with Crippen LogP contribution in [0.3, 0.4) is 0 Å². The van der Waals surface area contributed by atoms with E-state index in [0.29, 0.717) is 6.42 Å². The van der Waals surface area contributed by atoms with Crippen molar-refractivity contribution in [2.75, 3.05) is 24.3 Å². The molecule has 0 bridgehead atoms. The number of fused-ring (bicyclic) bond motifs is 1. The fourth-order valence-corrected chi connectivity index (χ4v) is 12.7. The van der Waals surface area contributed by atoms with E-state index in [1.54, 1.807) is 23.5 Å². The lowest BCUT2D eigenvalue weighted by Crippen LogP contribution is -3.00. The van der Waals surface area contributed by atoms with Crippen LogP contribution in [0.5, 0.6) is 0 Å². The third kappa shape index (κ3) is 3.18. The van der Waals surface area contributed by atoms with Gasteiger partial charge in [0, 0.05) is 11.7 Å². The van der Waals surface area contributed by atoms with E-state index in [1.807, 2.05) is 18.5 Å². The molecule has 3 fully saturated rings. The first-order chi connectivity index (χ1) is 9.55. The Kier molecular flexibility index (Phi) is 5.50. The van der Waals surface area contributed by atoms with Gasteiger partial charge in [-0.1, -0.05) is 15.9 Å². The summed E-state index contributed by atoms with van der Waals surface area (Å²) in [4.78, 5) is 0. The average Bonchev–Trinajstić information content (AvgIpc) is 2.93. The molecule has 0 spiro atoms. The topological polar surface area (TPSA) is 71.3 Å². The quantitative estimate of drug-likeness (QED) is 0.296. The van der Waals surface area contributed by atoms with Gasteiger partial charge in [-0.05, 0) is 30.4 Å². The number of hydrogen-bond donors (Lipinski definition) is 0. The second kappa shape index (κ2) is 6.19. The number of rotatable bonds is 1. The number of halogens is 2. The molecular formula is C11H17Br2NO4S4. The molecule has 0 aromatic rings. The van der Waals surface area contributed by atoms with Crippen molar-refractivity contribution in [1.29, 1.82) is 0 Å². The van der Waals surface area contributed by atoms with Crippen molar-refractivity contribution in [2.45, 2.75) is 33.5 Å². The van der Waals surface area contributed by atoms with Gasteiger partial charge in [-0.15, -0.1) is 0 Å². The maximum absolute atomic E-state index is 12.0. The Hall–Kier alpha value is 1.23. The molecule has 0 saturated carbocycles. The minimum Gasteiger partial charge on any atom is -1.00 e. The molecule has 3 aliphatic rings. The highest BCUT2D eigenvalue weighted by Gasteiger charge is 2.62. The molecule has 0 aromatic heterocycles. The van der Waals surface area contributed by atoms with Crippen LogP contribution in [0, 0.1) is 0 Å². The summed E-state index contributed by atoms with van der Waals surface area (Å²) in [7, 11) is -4.07. The minimum absolute atomic E-state index is 0. The molecule has 128 valence electrons. The highest BCUT2D eigenvalue weighted by atomic mass is 79.9. The first-order valence-corrected chi connectivity index (χ1v) is 12.7. The lowest BCUT2D eigenvalue weighted by Gasteiger charge is -2.21. The second-order valence-electron chi connectivity index (χ2n) is 5.97. The van der Waals surface area contributed by atoms with E-state index >= 15 is 0 Å². The Labute approximate surface area is 158 Å². The van der Waals surface area contributed by atoms with Gasteiger partial charge in [-0.25, -0.2) is 21.4 Å². The number of nitrogens with zero attached hydrogens (tertiary/aromatic N) is 1. The standard InChI is InChI=1S/C11H17BrNO4S4.BrH/c1-11-8(6-21(16,17)9(11)12)18-10(19-11)13(2)7-3-4-20(14,15)5-7;/h7-9H,3-6H2,1-2H3;1H/q+1;/p-1. The molecule has 3 heterocycles. The van der Waals surface area contributed by atoms with Gasteiger partial charge in [0.2, 0.25) is 0 Å². The van der Waals surface area contributed by atoms with Crippen molar-refractivity contribution < 1.29 is 38.4 Å². The molecule has 11 heteroatoms. The monoisotopic (exact) mass is 513 g/mol. The molecule has 3 saturated heterocycles. The lowest BCUT2D eigenvalue weighted by atomic mass is 10.1. The van der Waals surface area contributed by atoms with E-state index in [-0.39, 0.29) is 50.3 Å². The summed E-state index contributed by atoms with van der Waals surface area (Å²) in [6.07, 6.45) is 0.654. The van der Waals surface area contributed by atoms with Crippen molar-refractivity contribution in [3.8, 4) is 0 Å². The number of alkyl halides is 1. The highest BCUT2D eigenvalue weighted by molar-refractivity contribution is 9.11. The van der Waals surface area contributed by atoms with E-state index < -0.39 is 23.8 Å². The molecule has 4 atom stereocenters. The molecule has 3 aliphatic heterocycles. The molecule has 3 rings (SSSR count). The van der Waals surface area contributed by atoms with Gasteiger partial charge < -0.3 is 17.0 Å². The maximum atomic E-state index is 12.0. The van der Waals surface area contributed by atoms with E-state index in [2.05, 4.69) is 15.9 Å². The van der Waals surface area contributed by atoms with Crippen LogP contribution in [0.2, 0.25) is 0 Å². The number of sulfone groups is 2. The molecule has 0 aliphatic carbocycles. The van der Waals surface area contributed by atoms with Crippen LogP contribution < -0.4 is 17.0 Å². The van der Waals surface area contributed by atoms with Crippen molar-refractivity contribution in [3.63, 3.8) is 0 Å². The van der Waals surface area contributed by atoms with Crippen LogP contribution in [0.4, 0.5) is 0 Å². The van der Waals surface area contributed by atoms with Gasteiger partial charge in [0.15, 0.2) is 25.7 Å². The van der Waals surface area contributed by atoms with Crippen molar-refractivity contribution in [3.05, 3.63) is 0 Å². The van der Waals surface area contributed by atoms with E-state index in [9.17, 15) is 16.8 Å². The Bertz CT molecular complexity index is 720. The van der Waals surface area contributed by atoms with Gasteiger partial charge in [-0.2, -0.15) is 0 Å². The van der Waals surface area contributed by atoms with Gasteiger partial charge >= 0.3 is 0 Å². The largest absolute Gasteiger partial charge is 1.00 e. The predicted molar refractivity (Wildman–Crippen MR) is 92.1 cm³/mol. The Morgan fingerprint density at radius 3 is 2.41 bits per heavy atom. The van der Waals surface area contributed by atoms with Gasteiger partial charge in [0.1, 0.15) is 17.0 Å². The zero-order valence-electron chi connectivity index (χ0n) is 12.0. The van der Waals surface area contributed by atoms with E-state index in [4.69, 9.17) is 0 Å². The van der Waals surface area contributed by atoms with Crippen LogP contribution in [0.15, 0.2) is 0 Å². The summed E-state index contributed by atoms with van der Waals surface area (Å²) in [5.41, 5.74) is 0. The molecule has 0 amide bonds. The van der Waals surface area contributed by atoms with E-state index in [0.717, 1.165) is 4.38 Å². The molecular weight excluding hydrogens is 498 g/mol. The van der Waals surface area contributed by atoms with Crippen LogP contribution in [0.25, 0.3) is 0 Å². The number of thioether (sulfide) groups is 2. The average molecular weight is 515 g/mol. The molecule has 22 heavy (non-hydrogen) atoms. The molecule has 0 N–H and O–H groups in total. The summed E-state index contributed by atoms with van der Waals surface area (Å²) in [6, 6.07) is 0.0119. The lowest BCUT2D eigenvalue weighted by molar-refractivity contribution is -0.526. The first kappa shape index (κ1) is 19.6. The summed E-state index contributed by atoms with van der Waals surface area (Å²) < 4.78 is 49.4. The Balaban J connectivity index is 0.00000176. The summed E-state index contributed by atoms with van der Waals surface area (Å²) in [6.45, 7) is 1.98. The highest BCUT2D eigenvalue weighted by Crippen LogP contribution is 2.57. The summed E-state index contributed by atoms with van der Waals surface area (Å²) >= 11 is 6.51. The second-order valence-corrected chi connectivity index (χ2v) is 14.8. The SMILES string of the molecule is C[N+](=C1SC2CS(=O)(=O)C(Br)C2(C)S1)C1CCS(=O)(=O)C1.[Br-]. The van der Waals surface area contributed by atoms with Crippen LogP contribution in [-0.4, -0.2) is 70.3 Å². The molecule has 0 aromatic carbocycles. The zero-order chi connectivity index (χ0) is 15.6. The number of hydrogen-bond acceptors (Lipinski definition) is 6. The molecule has 4 unspecified atom stereocenters. The summed E-state index contributed by atoms with van der Waals surface area (Å²) in [5, 5.41) is 0.0207. The van der Waals surface area contributed by atoms with Gasteiger partial charge in [-0.3, -0.25) is 0 Å². The fraction of sp³-hybridized carbons (Fsp3) is 0.909. The maximum Gasteiger partial charge on any atom is 0.271 e. The molecule has 0 radical (unpaired) electrons. The van der Waals surface area contributed by atoms with Gasteiger partial charge in [0.25, 0.3) is 4.38 Å².